The topological polar surface area (TPSA) is 72.0 Å². The molecule has 1 aliphatic rings. The van der Waals surface area contributed by atoms with E-state index in [4.69, 9.17) is 9.47 Å². The van der Waals surface area contributed by atoms with Gasteiger partial charge in [0.15, 0.2) is 10.8 Å². The van der Waals surface area contributed by atoms with Gasteiger partial charge in [0.05, 0.1) is 18.7 Å². The molecule has 2 rings (SSSR count). The second-order valence-electron chi connectivity index (χ2n) is 7.23. The highest BCUT2D eigenvalue weighted by molar-refractivity contribution is 7.13. The number of rotatable bonds is 3. The SMILES string of the molecule is CCOC(=O)c1csc(N2C[C@@H](C)N(C(=O)OC(C)(C)C)[C@@H](C)C2)n1. The first-order chi connectivity index (χ1) is 11.6. The summed E-state index contributed by atoms with van der Waals surface area (Å²) in [5, 5.41) is 2.48. The van der Waals surface area contributed by atoms with Crippen molar-refractivity contribution in [2.45, 2.75) is 59.2 Å². The fourth-order valence-corrected chi connectivity index (χ4v) is 3.68. The van der Waals surface area contributed by atoms with Gasteiger partial charge in [0.2, 0.25) is 0 Å². The lowest BCUT2D eigenvalue weighted by Crippen LogP contribution is -2.59. The molecule has 0 saturated carbocycles. The van der Waals surface area contributed by atoms with Gasteiger partial charge in [-0.25, -0.2) is 14.6 Å². The highest BCUT2D eigenvalue weighted by Crippen LogP contribution is 2.27. The molecule has 1 aromatic heterocycles. The third-order valence-electron chi connectivity index (χ3n) is 3.77. The van der Waals surface area contributed by atoms with E-state index < -0.39 is 11.6 Å². The van der Waals surface area contributed by atoms with E-state index in [1.165, 1.54) is 11.3 Å². The van der Waals surface area contributed by atoms with Gasteiger partial charge in [-0.05, 0) is 41.5 Å². The number of hydrogen-bond acceptors (Lipinski definition) is 7. The number of anilines is 1. The molecule has 140 valence electrons. The average Bonchev–Trinajstić information content (AvgIpc) is 2.94. The molecular formula is C17H27N3O4S. The summed E-state index contributed by atoms with van der Waals surface area (Å²) in [6.45, 7) is 12.9. The summed E-state index contributed by atoms with van der Waals surface area (Å²) in [6.07, 6.45) is -0.293. The molecule has 1 amide bonds. The summed E-state index contributed by atoms with van der Waals surface area (Å²) in [6, 6.07) is -0.0397. The van der Waals surface area contributed by atoms with Gasteiger partial charge in [-0.1, -0.05) is 0 Å². The molecule has 0 bridgehead atoms. The van der Waals surface area contributed by atoms with Gasteiger partial charge in [-0.3, -0.25) is 4.90 Å². The number of piperazine rings is 1. The van der Waals surface area contributed by atoms with Crippen LogP contribution < -0.4 is 4.90 Å². The highest BCUT2D eigenvalue weighted by Gasteiger charge is 2.36. The van der Waals surface area contributed by atoms with E-state index in [2.05, 4.69) is 9.88 Å². The number of nitrogens with zero attached hydrogens (tertiary/aromatic N) is 3. The number of thiazole rings is 1. The summed E-state index contributed by atoms with van der Waals surface area (Å²) >= 11 is 1.41. The molecule has 0 spiro atoms. The number of amides is 1. The van der Waals surface area contributed by atoms with E-state index in [9.17, 15) is 9.59 Å². The van der Waals surface area contributed by atoms with Crippen LogP contribution in [0.25, 0.3) is 0 Å². The lowest BCUT2D eigenvalue weighted by Gasteiger charge is -2.44. The van der Waals surface area contributed by atoms with E-state index >= 15 is 0 Å². The van der Waals surface area contributed by atoms with Crippen molar-refractivity contribution >= 4 is 28.5 Å². The Kier molecular flexibility index (Phi) is 5.92. The minimum atomic E-state index is -0.516. The Morgan fingerprint density at radius 3 is 2.40 bits per heavy atom. The number of esters is 1. The highest BCUT2D eigenvalue weighted by atomic mass is 32.1. The van der Waals surface area contributed by atoms with Gasteiger partial charge in [0.1, 0.15) is 5.60 Å². The van der Waals surface area contributed by atoms with Crippen molar-refractivity contribution in [2.75, 3.05) is 24.6 Å². The molecule has 25 heavy (non-hydrogen) atoms. The van der Waals surface area contributed by atoms with Crippen molar-refractivity contribution < 1.29 is 19.1 Å². The summed E-state index contributed by atoms with van der Waals surface area (Å²) < 4.78 is 10.5. The number of carbonyl (C=O) groups is 2. The summed E-state index contributed by atoms with van der Waals surface area (Å²) in [4.78, 5) is 32.5. The third-order valence-corrected chi connectivity index (χ3v) is 4.67. The Hall–Kier alpha value is -1.83. The number of carbonyl (C=O) groups excluding carboxylic acids is 2. The van der Waals surface area contributed by atoms with Crippen LogP contribution in [0.3, 0.4) is 0 Å². The number of hydrogen-bond donors (Lipinski definition) is 0. The zero-order valence-corrected chi connectivity index (χ0v) is 16.6. The first-order valence-electron chi connectivity index (χ1n) is 8.51. The minimum absolute atomic E-state index is 0.0199. The molecule has 0 unspecified atom stereocenters. The molecule has 2 atom stereocenters. The number of ether oxygens (including phenoxy) is 2. The smallest absolute Gasteiger partial charge is 0.410 e. The van der Waals surface area contributed by atoms with Crippen LogP contribution in [0.5, 0.6) is 0 Å². The normalized spacial score (nSPS) is 21.2. The Balaban J connectivity index is 2.06. The van der Waals surface area contributed by atoms with Crippen LogP contribution in [0, 0.1) is 0 Å². The van der Waals surface area contributed by atoms with E-state index in [1.54, 1.807) is 17.2 Å². The molecule has 0 aliphatic carbocycles. The molecule has 1 aromatic rings. The first-order valence-corrected chi connectivity index (χ1v) is 9.39. The lowest BCUT2D eigenvalue weighted by atomic mass is 10.1. The molecule has 0 aromatic carbocycles. The largest absolute Gasteiger partial charge is 0.461 e. The van der Waals surface area contributed by atoms with Gasteiger partial charge in [0.25, 0.3) is 0 Å². The van der Waals surface area contributed by atoms with E-state index in [0.717, 1.165) is 5.13 Å². The van der Waals surface area contributed by atoms with Crippen LogP contribution in [-0.2, 0) is 9.47 Å². The van der Waals surface area contributed by atoms with Gasteiger partial charge < -0.3 is 14.4 Å². The van der Waals surface area contributed by atoms with Crippen LogP contribution in [0.4, 0.5) is 9.93 Å². The fraction of sp³-hybridized carbons (Fsp3) is 0.706. The zero-order valence-electron chi connectivity index (χ0n) is 15.7. The summed E-state index contributed by atoms with van der Waals surface area (Å²) in [5.74, 6) is -0.404. The molecule has 1 fully saturated rings. The van der Waals surface area contributed by atoms with Crippen molar-refractivity contribution in [2.24, 2.45) is 0 Å². The van der Waals surface area contributed by atoms with Gasteiger partial charge in [-0.2, -0.15) is 0 Å². The lowest BCUT2D eigenvalue weighted by molar-refractivity contribution is 0.00565. The van der Waals surface area contributed by atoms with Crippen molar-refractivity contribution in [3.63, 3.8) is 0 Å². The standard InChI is InChI=1S/C17H27N3O4S/c1-7-23-14(21)13-10-25-15(18-13)19-8-11(2)20(12(3)9-19)16(22)24-17(4,5)6/h10-12H,7-9H2,1-6H3/t11-,12+. The Labute approximate surface area is 152 Å². The first kappa shape index (κ1) is 19.5. The summed E-state index contributed by atoms with van der Waals surface area (Å²) in [7, 11) is 0. The van der Waals surface area contributed by atoms with Gasteiger partial charge in [0, 0.05) is 18.5 Å². The zero-order chi connectivity index (χ0) is 18.8. The van der Waals surface area contributed by atoms with Crippen LogP contribution in [0.15, 0.2) is 5.38 Å². The molecule has 8 heteroatoms. The Bertz CT molecular complexity index is 614. The maximum atomic E-state index is 12.5. The van der Waals surface area contributed by atoms with Gasteiger partial charge >= 0.3 is 12.1 Å². The monoisotopic (exact) mass is 369 g/mol. The van der Waals surface area contributed by atoms with Crippen molar-refractivity contribution in [1.82, 2.24) is 9.88 Å². The number of aromatic nitrogens is 1. The van der Waals surface area contributed by atoms with Crippen molar-refractivity contribution in [3.05, 3.63) is 11.1 Å². The quantitative estimate of drug-likeness (QED) is 0.762. The van der Waals surface area contributed by atoms with Gasteiger partial charge in [-0.15, -0.1) is 11.3 Å². The van der Waals surface area contributed by atoms with E-state index in [0.29, 0.717) is 25.4 Å². The predicted octanol–water partition coefficient (Wildman–Crippen LogP) is 3.15. The Morgan fingerprint density at radius 2 is 1.88 bits per heavy atom. The van der Waals surface area contributed by atoms with E-state index in [1.807, 2.05) is 34.6 Å². The van der Waals surface area contributed by atoms with E-state index in [-0.39, 0.29) is 18.2 Å². The van der Waals surface area contributed by atoms with Crippen molar-refractivity contribution in [3.8, 4) is 0 Å². The van der Waals surface area contributed by atoms with Crippen LogP contribution >= 0.6 is 11.3 Å². The maximum Gasteiger partial charge on any atom is 0.410 e. The summed E-state index contributed by atoms with van der Waals surface area (Å²) in [5.41, 5.74) is -0.186. The second-order valence-corrected chi connectivity index (χ2v) is 8.06. The molecule has 2 heterocycles. The molecule has 0 radical (unpaired) electrons. The van der Waals surface area contributed by atoms with Crippen LogP contribution in [0.1, 0.15) is 52.0 Å². The molecule has 1 saturated heterocycles. The maximum absolute atomic E-state index is 12.5. The third kappa shape index (κ3) is 4.84. The predicted molar refractivity (Wildman–Crippen MR) is 97.3 cm³/mol. The molecule has 7 nitrogen and oxygen atoms in total. The fourth-order valence-electron chi connectivity index (χ4n) is 2.86. The minimum Gasteiger partial charge on any atom is -0.461 e. The molecule has 1 aliphatic heterocycles. The van der Waals surface area contributed by atoms with Crippen LogP contribution in [0.2, 0.25) is 0 Å². The average molecular weight is 369 g/mol. The second kappa shape index (κ2) is 7.59. The van der Waals surface area contributed by atoms with Crippen LogP contribution in [-0.4, -0.2) is 59.3 Å². The Morgan fingerprint density at radius 1 is 1.28 bits per heavy atom. The molecular weight excluding hydrogens is 342 g/mol. The molecule has 0 N–H and O–H groups in total. The van der Waals surface area contributed by atoms with Crippen molar-refractivity contribution in [1.29, 1.82) is 0 Å².